The summed E-state index contributed by atoms with van der Waals surface area (Å²) in [4.78, 5) is 28.0. The molecule has 0 saturated carbocycles. The molecule has 0 amide bonds. The molecule has 7 nitrogen and oxygen atoms in total. The van der Waals surface area contributed by atoms with Crippen molar-refractivity contribution in [3.8, 4) is 0 Å². The molecule has 0 radical (unpaired) electrons. The number of carbonyl (C=O) groups is 1. The molecule has 1 unspecified atom stereocenters. The average molecular weight is 436 g/mol. The lowest BCUT2D eigenvalue weighted by Crippen LogP contribution is -2.32. The van der Waals surface area contributed by atoms with E-state index in [1.54, 1.807) is 12.1 Å². The first-order valence-electron chi connectivity index (χ1n) is 8.32. The molecule has 1 aliphatic heterocycles. The van der Waals surface area contributed by atoms with Crippen molar-refractivity contribution in [2.75, 3.05) is 6.61 Å². The van der Waals surface area contributed by atoms with Gasteiger partial charge in [-0.15, -0.1) is 0 Å². The number of hydrogen-bond acceptors (Lipinski definition) is 4. The molecular formula is C18H15BrFN3O4. The van der Waals surface area contributed by atoms with E-state index in [9.17, 15) is 19.1 Å². The van der Waals surface area contributed by atoms with Crippen molar-refractivity contribution in [1.82, 2.24) is 14.1 Å². The van der Waals surface area contributed by atoms with Crippen LogP contribution < -0.4 is 5.56 Å². The van der Waals surface area contributed by atoms with Crippen LogP contribution in [0.2, 0.25) is 0 Å². The predicted molar refractivity (Wildman–Crippen MR) is 98.5 cm³/mol. The smallest absolute Gasteiger partial charge is 0.335 e. The van der Waals surface area contributed by atoms with Crippen molar-refractivity contribution in [3.63, 3.8) is 0 Å². The molecular weight excluding hydrogens is 421 g/mol. The Morgan fingerprint density at radius 3 is 2.85 bits per heavy atom. The molecule has 0 bridgehead atoms. The van der Waals surface area contributed by atoms with E-state index in [0.717, 1.165) is 12.6 Å². The maximum atomic E-state index is 13.9. The van der Waals surface area contributed by atoms with Crippen molar-refractivity contribution in [2.45, 2.75) is 25.6 Å². The van der Waals surface area contributed by atoms with Crippen LogP contribution in [-0.4, -0.2) is 37.9 Å². The molecule has 0 aliphatic carbocycles. The Hall–Kier alpha value is -2.52. The number of benzene rings is 1. The van der Waals surface area contributed by atoms with E-state index >= 15 is 0 Å². The summed E-state index contributed by atoms with van der Waals surface area (Å²) in [7, 11) is 0. The fraction of sp³-hybridized carbons (Fsp3) is 0.278. The second-order valence-corrected chi connectivity index (χ2v) is 7.22. The van der Waals surface area contributed by atoms with Crippen LogP contribution in [0.5, 0.6) is 0 Å². The van der Waals surface area contributed by atoms with Crippen LogP contribution in [0.4, 0.5) is 4.39 Å². The van der Waals surface area contributed by atoms with Gasteiger partial charge in [0.25, 0.3) is 5.56 Å². The van der Waals surface area contributed by atoms with E-state index in [-0.39, 0.29) is 28.2 Å². The van der Waals surface area contributed by atoms with Gasteiger partial charge < -0.3 is 19.0 Å². The molecule has 2 aromatic heterocycles. The first kappa shape index (κ1) is 17.9. The summed E-state index contributed by atoms with van der Waals surface area (Å²) in [5, 5.41) is 9.26. The number of hydrogen-bond donors (Lipinski definition) is 1. The number of carboxylic acids is 1. The van der Waals surface area contributed by atoms with Crippen LogP contribution in [0, 0.1) is 5.82 Å². The zero-order valence-electron chi connectivity index (χ0n) is 14.1. The number of carboxylic acid groups (broad SMARTS) is 1. The average Bonchev–Trinajstić information content (AvgIpc) is 2.92. The van der Waals surface area contributed by atoms with Gasteiger partial charge in [0, 0.05) is 18.9 Å². The fourth-order valence-electron chi connectivity index (χ4n) is 3.06. The molecule has 140 valence electrons. The molecule has 1 aromatic carbocycles. The summed E-state index contributed by atoms with van der Waals surface area (Å²) in [6, 6.07) is 5.83. The highest BCUT2D eigenvalue weighted by atomic mass is 79.9. The summed E-state index contributed by atoms with van der Waals surface area (Å²) in [6.07, 6.45) is 2.02. The van der Waals surface area contributed by atoms with Gasteiger partial charge in [0.05, 0.1) is 40.3 Å². The lowest BCUT2D eigenvalue weighted by molar-refractivity contribution is -0.0590. The zero-order chi connectivity index (χ0) is 19.1. The molecule has 1 fully saturated rings. The summed E-state index contributed by atoms with van der Waals surface area (Å²) in [5.74, 6) is -1.04. The zero-order valence-corrected chi connectivity index (χ0v) is 15.6. The number of aromatic nitrogens is 3. The molecule has 4 rings (SSSR count). The van der Waals surface area contributed by atoms with Crippen molar-refractivity contribution >= 4 is 32.9 Å². The van der Waals surface area contributed by atoms with Gasteiger partial charge in [0.1, 0.15) is 5.82 Å². The number of pyridine rings is 1. The highest BCUT2D eigenvalue weighted by Gasteiger charge is 2.22. The minimum Gasteiger partial charge on any atom is -0.478 e. The van der Waals surface area contributed by atoms with Crippen LogP contribution in [0.1, 0.15) is 22.6 Å². The third-order valence-electron chi connectivity index (χ3n) is 4.60. The fourth-order valence-corrected chi connectivity index (χ4v) is 3.36. The second-order valence-electron chi connectivity index (χ2n) is 6.36. The van der Waals surface area contributed by atoms with E-state index in [2.05, 4.69) is 20.9 Å². The van der Waals surface area contributed by atoms with Crippen molar-refractivity contribution < 1.29 is 19.0 Å². The monoisotopic (exact) mass is 435 g/mol. The van der Waals surface area contributed by atoms with Crippen molar-refractivity contribution in [3.05, 3.63) is 62.5 Å². The highest BCUT2D eigenvalue weighted by molar-refractivity contribution is 9.10. The molecule has 1 aliphatic rings. The van der Waals surface area contributed by atoms with Crippen LogP contribution in [0.25, 0.3) is 11.0 Å². The number of imidazole rings is 1. The van der Waals surface area contributed by atoms with E-state index in [0.29, 0.717) is 30.0 Å². The van der Waals surface area contributed by atoms with Crippen LogP contribution in [-0.2, 0) is 17.8 Å². The van der Waals surface area contributed by atoms with Crippen molar-refractivity contribution in [2.24, 2.45) is 0 Å². The van der Waals surface area contributed by atoms with E-state index < -0.39 is 11.8 Å². The third-order valence-corrected chi connectivity index (χ3v) is 5.20. The maximum Gasteiger partial charge on any atom is 0.335 e. The third kappa shape index (κ3) is 3.40. The van der Waals surface area contributed by atoms with Gasteiger partial charge in [-0.05, 0) is 40.5 Å². The topological polar surface area (TPSA) is 86.4 Å². The molecule has 0 spiro atoms. The minimum absolute atomic E-state index is 0.00742. The van der Waals surface area contributed by atoms with Crippen LogP contribution >= 0.6 is 15.9 Å². The maximum absolute atomic E-state index is 13.9. The number of nitrogens with zero attached hydrogens (tertiary/aromatic N) is 3. The summed E-state index contributed by atoms with van der Waals surface area (Å²) >= 11 is 3.00. The molecule has 27 heavy (non-hydrogen) atoms. The van der Waals surface area contributed by atoms with Crippen molar-refractivity contribution in [1.29, 1.82) is 0 Å². The molecule has 3 aromatic rings. The quantitative estimate of drug-likeness (QED) is 0.665. The van der Waals surface area contributed by atoms with Gasteiger partial charge in [-0.25, -0.2) is 14.2 Å². The van der Waals surface area contributed by atoms with Gasteiger partial charge in [0.2, 0.25) is 0 Å². The predicted octanol–water partition coefficient (Wildman–Crippen LogP) is 2.64. The van der Waals surface area contributed by atoms with Gasteiger partial charge in [0.15, 0.2) is 5.82 Å². The largest absolute Gasteiger partial charge is 0.478 e. The van der Waals surface area contributed by atoms with Gasteiger partial charge >= 0.3 is 5.97 Å². The molecule has 1 N–H and O–H groups in total. The first-order chi connectivity index (χ1) is 12.9. The molecule has 9 heteroatoms. The van der Waals surface area contributed by atoms with Gasteiger partial charge in [-0.1, -0.05) is 0 Å². The Morgan fingerprint density at radius 2 is 2.19 bits per heavy atom. The Morgan fingerprint density at radius 1 is 1.41 bits per heavy atom. The van der Waals surface area contributed by atoms with E-state index in [1.165, 1.54) is 16.7 Å². The Labute approximate surface area is 161 Å². The van der Waals surface area contributed by atoms with Crippen LogP contribution in [0.3, 0.4) is 0 Å². The molecule has 3 heterocycles. The molecule has 1 saturated heterocycles. The number of halogens is 2. The number of aromatic carboxylic acids is 1. The van der Waals surface area contributed by atoms with Gasteiger partial charge in [-0.2, -0.15) is 0 Å². The first-order valence-corrected chi connectivity index (χ1v) is 9.11. The number of ether oxygens (including phenoxy) is 1. The molecule has 1 atom stereocenters. The SMILES string of the molecule is O=C(O)c1ccc2nc(Cn3cc(F)c(Br)cc3=O)n(CC3CCO3)c2c1. The summed E-state index contributed by atoms with van der Waals surface area (Å²) < 4.78 is 22.5. The van der Waals surface area contributed by atoms with Gasteiger partial charge in [-0.3, -0.25) is 4.79 Å². The number of rotatable bonds is 5. The van der Waals surface area contributed by atoms with E-state index in [1.807, 2.05) is 4.57 Å². The van der Waals surface area contributed by atoms with E-state index in [4.69, 9.17) is 4.74 Å². The summed E-state index contributed by atoms with van der Waals surface area (Å²) in [5.41, 5.74) is 1.04. The number of fused-ring (bicyclic) bond motifs is 1. The second kappa shape index (κ2) is 6.90. The Bertz CT molecular complexity index is 1100. The Kier molecular flexibility index (Phi) is 4.56. The Balaban J connectivity index is 1.81. The highest BCUT2D eigenvalue weighted by Crippen LogP contribution is 2.23. The normalized spacial score (nSPS) is 16.4. The lowest BCUT2D eigenvalue weighted by atomic mass is 10.1. The van der Waals surface area contributed by atoms with Crippen LogP contribution in [0.15, 0.2) is 39.7 Å². The lowest BCUT2D eigenvalue weighted by Gasteiger charge is -2.27. The standard InChI is InChI=1S/C18H15BrFN3O4/c19-12-6-17(24)22(8-13(12)20)9-16-21-14-2-1-10(18(25)26)5-15(14)23(16)7-11-3-4-27-11/h1-2,5-6,8,11H,3-4,7,9H2,(H,25,26). The minimum atomic E-state index is -1.03. The summed E-state index contributed by atoms with van der Waals surface area (Å²) in [6.45, 7) is 1.24.